The topological polar surface area (TPSA) is 115 Å². The van der Waals surface area contributed by atoms with Crippen molar-refractivity contribution in [1.82, 2.24) is 14.6 Å². The summed E-state index contributed by atoms with van der Waals surface area (Å²) >= 11 is -0.936. The van der Waals surface area contributed by atoms with Crippen molar-refractivity contribution in [3.63, 3.8) is 0 Å². The maximum absolute atomic E-state index is 12.4. The Morgan fingerprint density at radius 3 is 2.59 bits per heavy atom. The average molecular weight is 544 g/mol. The van der Waals surface area contributed by atoms with Crippen molar-refractivity contribution < 1.29 is 23.1 Å². The van der Waals surface area contributed by atoms with E-state index in [0.29, 0.717) is 32.5 Å². The van der Waals surface area contributed by atoms with E-state index in [1.165, 1.54) is 11.3 Å². The van der Waals surface area contributed by atoms with Crippen LogP contribution in [0.2, 0.25) is 0 Å². The van der Waals surface area contributed by atoms with Crippen molar-refractivity contribution in [1.29, 1.82) is 0 Å². The summed E-state index contributed by atoms with van der Waals surface area (Å²) in [5.41, 5.74) is 1.20. The maximum Gasteiger partial charge on any atom is 0.410 e. The number of pyridine rings is 1. The zero-order valence-corrected chi connectivity index (χ0v) is 22.7. The number of piperidine rings is 1. The molecule has 3 aromatic rings. The Kier molecular flexibility index (Phi) is 8.58. The number of anilines is 1. The molecule has 1 aliphatic rings. The van der Waals surface area contributed by atoms with E-state index in [1.807, 2.05) is 57.2 Å². The molecule has 0 spiro atoms. The number of carbonyl (C=O) groups excluding carboxylic acids is 2. The summed E-state index contributed by atoms with van der Waals surface area (Å²) in [6.07, 6.45) is 5.28. The Hall–Kier alpha value is -2.86. The zero-order chi connectivity index (χ0) is 26.6. The molecule has 3 heterocycles. The molecule has 11 heteroatoms. The quantitative estimate of drug-likeness (QED) is 0.330. The molecular formula is C26H31N4O5S2-. The number of fused-ring (bicyclic) bond motifs is 1. The number of likely N-dealkylation sites (tertiary alicyclic amines) is 1. The summed E-state index contributed by atoms with van der Waals surface area (Å²) in [4.78, 5) is 31.7. The average Bonchev–Trinajstić information content (AvgIpc) is 3.29. The highest BCUT2D eigenvalue weighted by molar-refractivity contribution is 7.77. The summed E-state index contributed by atoms with van der Waals surface area (Å²) in [6, 6.07) is 11.1. The second kappa shape index (κ2) is 11.7. The number of hydrogen-bond acceptors (Lipinski definition) is 7. The minimum Gasteiger partial charge on any atom is -0.760 e. The van der Waals surface area contributed by atoms with Gasteiger partial charge in [-0.05, 0) is 68.2 Å². The lowest BCUT2D eigenvalue weighted by atomic mass is 9.86. The summed E-state index contributed by atoms with van der Waals surface area (Å²) < 4.78 is 32.3. The number of hydrogen-bond donors (Lipinski definition) is 1. The molecule has 1 saturated heterocycles. The Bertz CT molecular complexity index is 1220. The highest BCUT2D eigenvalue weighted by Gasteiger charge is 2.31. The van der Waals surface area contributed by atoms with Crippen molar-refractivity contribution in [2.45, 2.75) is 51.8 Å². The molecule has 0 saturated carbocycles. The number of ether oxygens (including phenoxy) is 1. The predicted octanol–water partition coefficient (Wildman–Crippen LogP) is 4.53. The molecule has 1 aliphatic heterocycles. The lowest BCUT2D eigenvalue weighted by Crippen LogP contribution is -2.44. The molecular weight excluding hydrogens is 512 g/mol. The minimum absolute atomic E-state index is 0.0288. The standard InChI is InChI=1S/C26H32N4O5S2/c1-26(2,3)35-25(32)29-12-9-20(10-13-29)24(28-37(33)34)19-6-4-18(5-7-19)16-30(17-31)23-14-21-8-11-27-15-22(21)36-23/h4-8,11,14-15,17,20,24,28H,9-10,12-13,16H2,1-3H3,(H,33,34)/p-1. The van der Waals surface area contributed by atoms with Gasteiger partial charge in [0.1, 0.15) is 5.60 Å². The first-order valence-electron chi connectivity index (χ1n) is 12.1. The van der Waals surface area contributed by atoms with Crippen LogP contribution in [0, 0.1) is 5.92 Å². The van der Waals surface area contributed by atoms with Gasteiger partial charge in [0, 0.05) is 42.8 Å². The van der Waals surface area contributed by atoms with Gasteiger partial charge in [0.05, 0.1) is 16.2 Å². The molecule has 0 bridgehead atoms. The minimum atomic E-state index is -2.44. The normalized spacial score (nSPS) is 16.4. The maximum atomic E-state index is 12.4. The molecule has 2 amide bonds. The molecule has 2 unspecified atom stereocenters. The molecule has 37 heavy (non-hydrogen) atoms. The van der Waals surface area contributed by atoms with Crippen molar-refractivity contribution in [2.24, 2.45) is 5.92 Å². The molecule has 2 aromatic heterocycles. The molecule has 2 atom stereocenters. The fourth-order valence-electron chi connectivity index (χ4n) is 4.49. The molecule has 198 valence electrons. The number of benzene rings is 1. The third kappa shape index (κ3) is 7.13. The van der Waals surface area contributed by atoms with E-state index in [-0.39, 0.29) is 12.0 Å². The van der Waals surface area contributed by atoms with Crippen molar-refractivity contribution in [3.8, 4) is 0 Å². The SMILES string of the molecule is CC(C)(C)OC(=O)N1CCC(C(NS(=O)[O-])c2ccc(CN(C=O)c3cc4ccncc4s3)cc2)CC1. The summed E-state index contributed by atoms with van der Waals surface area (Å²) in [7, 11) is 0. The van der Waals surface area contributed by atoms with E-state index in [4.69, 9.17) is 4.74 Å². The first-order chi connectivity index (χ1) is 17.6. The predicted molar refractivity (Wildman–Crippen MR) is 144 cm³/mol. The largest absolute Gasteiger partial charge is 0.760 e. The number of carbonyl (C=O) groups is 2. The van der Waals surface area contributed by atoms with Crippen LogP contribution in [0.4, 0.5) is 9.80 Å². The second-order valence-corrected chi connectivity index (χ2v) is 11.9. The van der Waals surface area contributed by atoms with E-state index >= 15 is 0 Å². The number of amides is 2. The van der Waals surface area contributed by atoms with Crippen LogP contribution in [0.15, 0.2) is 48.8 Å². The van der Waals surface area contributed by atoms with Gasteiger partial charge < -0.3 is 19.1 Å². The van der Waals surface area contributed by atoms with Gasteiger partial charge in [-0.1, -0.05) is 24.3 Å². The summed E-state index contributed by atoms with van der Waals surface area (Å²) in [5, 5.41) is 1.87. The van der Waals surface area contributed by atoms with Gasteiger partial charge in [0.2, 0.25) is 6.41 Å². The van der Waals surface area contributed by atoms with Gasteiger partial charge in [-0.15, -0.1) is 11.3 Å². The number of aromatic nitrogens is 1. The van der Waals surface area contributed by atoms with E-state index in [9.17, 15) is 18.4 Å². The van der Waals surface area contributed by atoms with Gasteiger partial charge in [-0.3, -0.25) is 14.0 Å². The molecule has 1 fully saturated rings. The van der Waals surface area contributed by atoms with E-state index in [1.54, 1.807) is 22.2 Å². The zero-order valence-electron chi connectivity index (χ0n) is 21.1. The van der Waals surface area contributed by atoms with Crippen molar-refractivity contribution in [2.75, 3.05) is 18.0 Å². The van der Waals surface area contributed by atoms with E-state index in [0.717, 1.165) is 32.6 Å². The first kappa shape index (κ1) is 27.2. The van der Waals surface area contributed by atoms with Gasteiger partial charge in [0.15, 0.2) is 0 Å². The molecule has 0 radical (unpaired) electrons. The highest BCUT2D eigenvalue weighted by Crippen LogP contribution is 2.34. The number of thiophene rings is 1. The van der Waals surface area contributed by atoms with Gasteiger partial charge in [-0.25, -0.2) is 9.52 Å². The lowest BCUT2D eigenvalue weighted by Gasteiger charge is -2.37. The fraction of sp³-hybridized carbons (Fsp3) is 0.423. The van der Waals surface area contributed by atoms with Crippen LogP contribution < -0.4 is 9.62 Å². The van der Waals surface area contributed by atoms with Gasteiger partial charge in [0.25, 0.3) is 0 Å². The van der Waals surface area contributed by atoms with Crippen LogP contribution in [0.5, 0.6) is 0 Å². The molecule has 0 aliphatic carbocycles. The van der Waals surface area contributed by atoms with Crippen LogP contribution in [0.25, 0.3) is 10.1 Å². The second-order valence-electron chi connectivity index (χ2n) is 10.1. The number of rotatable bonds is 8. The number of nitrogens with zero attached hydrogens (tertiary/aromatic N) is 3. The molecule has 4 rings (SSSR count). The van der Waals surface area contributed by atoms with Crippen LogP contribution in [0.1, 0.15) is 50.8 Å². The molecule has 1 aromatic carbocycles. The van der Waals surface area contributed by atoms with Crippen molar-refractivity contribution >= 4 is 50.2 Å². The highest BCUT2D eigenvalue weighted by atomic mass is 32.2. The molecule has 9 nitrogen and oxygen atoms in total. The monoisotopic (exact) mass is 543 g/mol. The first-order valence-corrected chi connectivity index (χ1v) is 14.0. The van der Waals surface area contributed by atoms with Crippen molar-refractivity contribution in [3.05, 3.63) is 59.9 Å². The van der Waals surface area contributed by atoms with Crippen LogP contribution in [-0.4, -0.2) is 49.8 Å². The Morgan fingerprint density at radius 2 is 2.00 bits per heavy atom. The Balaban J connectivity index is 1.43. The van der Waals surface area contributed by atoms with Gasteiger partial charge in [-0.2, -0.15) is 0 Å². The molecule has 1 N–H and O–H groups in total. The summed E-state index contributed by atoms with van der Waals surface area (Å²) in [6.45, 7) is 6.89. The Labute approximate surface area is 223 Å². The third-order valence-electron chi connectivity index (χ3n) is 6.30. The summed E-state index contributed by atoms with van der Waals surface area (Å²) in [5.74, 6) is 0.0288. The number of nitrogens with one attached hydrogen (secondary N) is 1. The fourth-order valence-corrected chi connectivity index (χ4v) is 6.02. The van der Waals surface area contributed by atoms with Crippen LogP contribution in [0.3, 0.4) is 0 Å². The van der Waals surface area contributed by atoms with E-state index in [2.05, 4.69) is 9.71 Å². The lowest BCUT2D eigenvalue weighted by molar-refractivity contribution is -0.107. The van der Waals surface area contributed by atoms with Gasteiger partial charge >= 0.3 is 6.09 Å². The van der Waals surface area contributed by atoms with Crippen LogP contribution >= 0.6 is 11.3 Å². The third-order valence-corrected chi connectivity index (χ3v) is 7.87. The van der Waals surface area contributed by atoms with Crippen LogP contribution in [-0.2, 0) is 27.3 Å². The van der Waals surface area contributed by atoms with E-state index < -0.39 is 22.9 Å². The smallest absolute Gasteiger partial charge is 0.410 e. The Morgan fingerprint density at radius 1 is 1.30 bits per heavy atom.